The molecule has 7 heteroatoms. The van der Waals surface area contributed by atoms with Crippen LogP contribution in [0, 0.1) is 0 Å². The predicted octanol–water partition coefficient (Wildman–Crippen LogP) is 3.96. The number of aromatic nitrogens is 1. The lowest BCUT2D eigenvalue weighted by atomic mass is 10.2. The molecule has 0 aliphatic carbocycles. The first-order valence-corrected chi connectivity index (χ1v) is 8.29. The molecule has 0 unspecified atom stereocenters. The third kappa shape index (κ3) is 3.81. The Balaban J connectivity index is 1.73. The molecule has 134 valence electrons. The zero-order valence-corrected chi connectivity index (χ0v) is 15.1. The lowest BCUT2D eigenvalue weighted by Crippen LogP contribution is -2.22. The number of hydrogen-bond donors (Lipinski definition) is 2. The number of hydrogen-bond acceptors (Lipinski definition) is 5. The van der Waals surface area contributed by atoms with Gasteiger partial charge in [-0.3, -0.25) is 9.78 Å². The van der Waals surface area contributed by atoms with Crippen LogP contribution in [0.4, 0.5) is 11.4 Å². The lowest BCUT2D eigenvalue weighted by Gasteiger charge is -2.14. The van der Waals surface area contributed by atoms with Crippen molar-refractivity contribution in [1.82, 2.24) is 4.98 Å². The summed E-state index contributed by atoms with van der Waals surface area (Å²) in [5.74, 6) is 0.672. The van der Waals surface area contributed by atoms with Crippen LogP contribution in [0.2, 0.25) is 5.02 Å². The van der Waals surface area contributed by atoms with Crippen molar-refractivity contribution in [3.05, 3.63) is 53.7 Å². The highest BCUT2D eigenvalue weighted by atomic mass is 35.5. The lowest BCUT2D eigenvalue weighted by molar-refractivity contribution is -0.114. The number of halogens is 1. The number of anilines is 2. The second kappa shape index (κ2) is 7.93. The van der Waals surface area contributed by atoms with E-state index in [9.17, 15) is 4.79 Å². The number of carbonyl (C=O) groups excluding carboxylic acids is 1. The molecule has 0 bridgehead atoms. The largest absolute Gasteiger partial charge is 0.495 e. The number of carbonyl (C=O) groups is 1. The predicted molar refractivity (Wildman–Crippen MR) is 103 cm³/mol. The summed E-state index contributed by atoms with van der Waals surface area (Å²) in [4.78, 5) is 16.7. The Morgan fingerprint density at radius 2 is 1.85 bits per heavy atom. The summed E-state index contributed by atoms with van der Waals surface area (Å²) in [7, 11) is 3.02. The topological polar surface area (TPSA) is 72.5 Å². The Labute approximate surface area is 156 Å². The Bertz CT molecular complexity index is 941. The van der Waals surface area contributed by atoms with Crippen LogP contribution in [0.5, 0.6) is 11.5 Å². The van der Waals surface area contributed by atoms with Gasteiger partial charge in [0.15, 0.2) is 0 Å². The molecular weight excluding hydrogens is 354 g/mol. The number of methoxy groups -OCH3 is 2. The van der Waals surface area contributed by atoms with E-state index < -0.39 is 0 Å². The van der Waals surface area contributed by atoms with E-state index in [0.717, 1.165) is 16.6 Å². The van der Waals surface area contributed by atoms with Gasteiger partial charge in [-0.05, 0) is 12.1 Å². The molecule has 0 fully saturated rings. The number of pyridine rings is 1. The Morgan fingerprint density at radius 3 is 2.62 bits per heavy atom. The van der Waals surface area contributed by atoms with Gasteiger partial charge in [0.2, 0.25) is 5.91 Å². The van der Waals surface area contributed by atoms with Crippen LogP contribution in [-0.4, -0.2) is 31.7 Å². The number of ether oxygens (including phenoxy) is 2. The summed E-state index contributed by atoms with van der Waals surface area (Å²) >= 11 is 6.08. The van der Waals surface area contributed by atoms with Gasteiger partial charge in [-0.1, -0.05) is 29.8 Å². The molecule has 0 aliphatic rings. The fourth-order valence-electron chi connectivity index (χ4n) is 2.57. The maximum absolute atomic E-state index is 12.4. The van der Waals surface area contributed by atoms with Crippen molar-refractivity contribution in [3.8, 4) is 11.5 Å². The van der Waals surface area contributed by atoms with E-state index >= 15 is 0 Å². The Morgan fingerprint density at radius 1 is 1.08 bits per heavy atom. The molecule has 0 saturated carbocycles. The highest BCUT2D eigenvalue weighted by Crippen LogP contribution is 2.35. The van der Waals surface area contributed by atoms with E-state index in [4.69, 9.17) is 21.1 Å². The summed E-state index contributed by atoms with van der Waals surface area (Å²) in [6, 6.07) is 12.8. The standard InChI is InChI=1S/C19H18ClN3O3/c1-25-16-10-15(17(26-2)9-13(16)20)23-18(24)11-22-14-7-3-5-12-6-4-8-21-19(12)14/h3-10,22H,11H2,1-2H3,(H,23,24). The summed E-state index contributed by atoms with van der Waals surface area (Å²) in [5, 5.41) is 7.32. The van der Waals surface area contributed by atoms with Crippen molar-refractivity contribution in [3.63, 3.8) is 0 Å². The fourth-order valence-corrected chi connectivity index (χ4v) is 2.81. The smallest absolute Gasteiger partial charge is 0.243 e. The molecule has 2 N–H and O–H groups in total. The van der Waals surface area contributed by atoms with Crippen LogP contribution in [0.1, 0.15) is 0 Å². The number of nitrogens with zero attached hydrogens (tertiary/aromatic N) is 1. The number of nitrogens with one attached hydrogen (secondary N) is 2. The third-order valence-electron chi connectivity index (χ3n) is 3.82. The minimum absolute atomic E-state index is 0.0732. The molecule has 2 aromatic carbocycles. The van der Waals surface area contributed by atoms with Gasteiger partial charge in [-0.15, -0.1) is 0 Å². The van der Waals surface area contributed by atoms with Gasteiger partial charge in [0, 0.05) is 23.7 Å². The van der Waals surface area contributed by atoms with E-state index in [1.807, 2.05) is 30.3 Å². The first-order valence-electron chi connectivity index (χ1n) is 7.91. The van der Waals surface area contributed by atoms with E-state index in [1.165, 1.54) is 14.2 Å². The third-order valence-corrected chi connectivity index (χ3v) is 4.12. The highest BCUT2D eigenvalue weighted by molar-refractivity contribution is 6.32. The Kier molecular flexibility index (Phi) is 5.43. The van der Waals surface area contributed by atoms with Crippen LogP contribution < -0.4 is 20.1 Å². The molecule has 1 heterocycles. The van der Waals surface area contributed by atoms with Crippen LogP contribution >= 0.6 is 11.6 Å². The van der Waals surface area contributed by atoms with Gasteiger partial charge in [-0.2, -0.15) is 0 Å². The molecular formula is C19H18ClN3O3. The maximum atomic E-state index is 12.4. The maximum Gasteiger partial charge on any atom is 0.243 e. The number of para-hydroxylation sites is 1. The molecule has 0 spiro atoms. The molecule has 0 radical (unpaired) electrons. The van der Waals surface area contributed by atoms with E-state index in [1.54, 1.807) is 18.3 Å². The number of fused-ring (bicyclic) bond motifs is 1. The first-order chi connectivity index (χ1) is 12.6. The molecule has 1 aromatic heterocycles. The molecule has 0 atom stereocenters. The van der Waals surface area contributed by atoms with Crippen molar-refractivity contribution in [1.29, 1.82) is 0 Å². The zero-order valence-electron chi connectivity index (χ0n) is 14.4. The van der Waals surface area contributed by atoms with Crippen LogP contribution in [-0.2, 0) is 4.79 Å². The molecule has 0 saturated heterocycles. The number of rotatable bonds is 6. The van der Waals surface area contributed by atoms with Gasteiger partial charge in [-0.25, -0.2) is 0 Å². The summed E-state index contributed by atoms with van der Waals surface area (Å²) in [6.45, 7) is 0.0732. The van der Waals surface area contributed by atoms with Crippen LogP contribution in [0.3, 0.4) is 0 Å². The highest BCUT2D eigenvalue weighted by Gasteiger charge is 2.13. The molecule has 6 nitrogen and oxygen atoms in total. The van der Waals surface area contributed by atoms with Gasteiger partial charge < -0.3 is 20.1 Å². The quantitative estimate of drug-likeness (QED) is 0.686. The molecule has 26 heavy (non-hydrogen) atoms. The van der Waals surface area contributed by atoms with Crippen molar-refractivity contribution >= 4 is 39.8 Å². The van der Waals surface area contributed by atoms with Gasteiger partial charge in [0.25, 0.3) is 0 Å². The molecule has 1 amide bonds. The van der Waals surface area contributed by atoms with E-state index in [0.29, 0.717) is 22.2 Å². The van der Waals surface area contributed by atoms with Crippen molar-refractivity contribution in [2.24, 2.45) is 0 Å². The second-order valence-corrected chi connectivity index (χ2v) is 5.88. The SMILES string of the molecule is COc1cc(NC(=O)CNc2cccc3cccnc23)c(OC)cc1Cl. The molecule has 0 aliphatic heterocycles. The second-order valence-electron chi connectivity index (χ2n) is 5.47. The average Bonchev–Trinajstić information content (AvgIpc) is 2.67. The minimum Gasteiger partial charge on any atom is -0.495 e. The monoisotopic (exact) mass is 371 g/mol. The summed E-state index contributed by atoms with van der Waals surface area (Å²) in [6.07, 6.45) is 1.72. The normalized spacial score (nSPS) is 10.4. The average molecular weight is 372 g/mol. The first kappa shape index (κ1) is 17.8. The summed E-state index contributed by atoms with van der Waals surface area (Å²) < 4.78 is 10.4. The Hall–Kier alpha value is -2.99. The van der Waals surface area contributed by atoms with Gasteiger partial charge >= 0.3 is 0 Å². The van der Waals surface area contributed by atoms with Gasteiger partial charge in [0.05, 0.1) is 42.7 Å². The van der Waals surface area contributed by atoms with Crippen LogP contribution in [0.15, 0.2) is 48.7 Å². The van der Waals surface area contributed by atoms with Crippen molar-refractivity contribution in [2.45, 2.75) is 0 Å². The van der Waals surface area contributed by atoms with Crippen molar-refractivity contribution < 1.29 is 14.3 Å². The summed E-state index contributed by atoms with van der Waals surface area (Å²) in [5.41, 5.74) is 2.09. The number of amides is 1. The van der Waals surface area contributed by atoms with Crippen LogP contribution in [0.25, 0.3) is 10.9 Å². The van der Waals surface area contributed by atoms with E-state index in [2.05, 4.69) is 15.6 Å². The molecule has 3 rings (SSSR count). The van der Waals surface area contributed by atoms with Gasteiger partial charge in [0.1, 0.15) is 11.5 Å². The fraction of sp³-hybridized carbons (Fsp3) is 0.158. The zero-order chi connectivity index (χ0) is 18.5. The number of benzene rings is 2. The van der Waals surface area contributed by atoms with Crippen molar-refractivity contribution in [2.75, 3.05) is 31.4 Å². The minimum atomic E-state index is -0.236. The van der Waals surface area contributed by atoms with E-state index in [-0.39, 0.29) is 12.5 Å². The molecule has 3 aromatic rings.